The molecule has 31 heavy (non-hydrogen) atoms. The summed E-state index contributed by atoms with van der Waals surface area (Å²) < 4.78 is 67.5. The van der Waals surface area contributed by atoms with Gasteiger partial charge in [-0.15, -0.1) is 0 Å². The van der Waals surface area contributed by atoms with Crippen LogP contribution in [0.3, 0.4) is 0 Å². The molecule has 0 amide bonds. The number of rotatable bonds is 4. The van der Waals surface area contributed by atoms with Gasteiger partial charge in [-0.2, -0.15) is 4.31 Å². The van der Waals surface area contributed by atoms with Crippen molar-refractivity contribution in [2.75, 3.05) is 26.2 Å². The fraction of sp³-hybridized carbons (Fsp3) is 0.222. The number of hydrogen-bond acceptors (Lipinski definition) is 5. The molecule has 0 saturated carbocycles. The third kappa shape index (κ3) is 3.84. The van der Waals surface area contributed by atoms with Gasteiger partial charge < -0.3 is 10.3 Å². The molecule has 4 N–H and O–H groups in total. The Morgan fingerprint density at radius 1 is 0.968 bits per heavy atom. The number of benzene rings is 2. The average Bonchev–Trinajstić information content (AvgIpc) is 3.11. The van der Waals surface area contributed by atoms with Crippen LogP contribution in [0.15, 0.2) is 40.3 Å². The van der Waals surface area contributed by atoms with E-state index in [1.54, 1.807) is 0 Å². The van der Waals surface area contributed by atoms with E-state index >= 15 is 4.39 Å². The topological polar surface area (TPSA) is 125 Å². The summed E-state index contributed by atoms with van der Waals surface area (Å²) in [4.78, 5) is 1.66. The van der Waals surface area contributed by atoms with Crippen molar-refractivity contribution in [2.24, 2.45) is 5.14 Å². The quantitative estimate of drug-likeness (QED) is 0.501. The monoisotopic (exact) mass is 506 g/mol. The van der Waals surface area contributed by atoms with Crippen LogP contribution in [0, 0.1) is 5.82 Å². The predicted octanol–water partition coefficient (Wildman–Crippen LogP) is 2.52. The fourth-order valence-corrected chi connectivity index (χ4v) is 6.43. The highest BCUT2D eigenvalue weighted by Gasteiger charge is 2.33. The van der Waals surface area contributed by atoms with E-state index in [1.165, 1.54) is 22.6 Å². The number of sulfonamides is 2. The van der Waals surface area contributed by atoms with Gasteiger partial charge in [0, 0.05) is 48.9 Å². The van der Waals surface area contributed by atoms with Crippen molar-refractivity contribution in [1.82, 2.24) is 14.6 Å². The van der Waals surface area contributed by atoms with Crippen molar-refractivity contribution >= 4 is 54.2 Å². The number of fused-ring (bicyclic) bond motifs is 1. The summed E-state index contributed by atoms with van der Waals surface area (Å²) in [6.45, 7) is 1.24. The van der Waals surface area contributed by atoms with Crippen LogP contribution in [0.4, 0.5) is 4.39 Å². The number of halogens is 3. The molecule has 166 valence electrons. The number of primary sulfonamides is 1. The normalized spacial score (nSPS) is 16.1. The zero-order valence-electron chi connectivity index (χ0n) is 15.8. The number of aromatic nitrogens is 1. The lowest BCUT2D eigenvalue weighted by atomic mass is 10.0. The maximum Gasteiger partial charge on any atom is 0.243 e. The molecule has 0 unspecified atom stereocenters. The van der Waals surface area contributed by atoms with Gasteiger partial charge in [0.15, 0.2) is 5.82 Å². The van der Waals surface area contributed by atoms with E-state index in [0.29, 0.717) is 18.5 Å². The van der Waals surface area contributed by atoms with Crippen LogP contribution < -0.4 is 10.5 Å². The van der Waals surface area contributed by atoms with Crippen LogP contribution in [0.1, 0.15) is 0 Å². The molecular formula is C18H17Cl2FN4O4S2. The zero-order valence-corrected chi connectivity index (χ0v) is 19.0. The average molecular weight is 507 g/mol. The Labute approximate surface area is 188 Å². The molecule has 2 heterocycles. The molecule has 1 aliphatic rings. The van der Waals surface area contributed by atoms with Crippen LogP contribution >= 0.6 is 23.2 Å². The maximum atomic E-state index is 15.6. The highest BCUT2D eigenvalue weighted by molar-refractivity contribution is 7.89. The van der Waals surface area contributed by atoms with Crippen LogP contribution in [0.25, 0.3) is 22.0 Å². The first-order valence-corrected chi connectivity index (χ1v) is 12.8. The maximum absolute atomic E-state index is 15.6. The van der Waals surface area contributed by atoms with Crippen molar-refractivity contribution in [1.29, 1.82) is 0 Å². The lowest BCUT2D eigenvalue weighted by molar-refractivity contribution is 0.360. The minimum absolute atomic E-state index is 0.0861. The fourth-order valence-electron chi connectivity index (χ4n) is 3.63. The first-order chi connectivity index (χ1) is 14.5. The molecule has 1 fully saturated rings. The summed E-state index contributed by atoms with van der Waals surface area (Å²) in [6, 6.07) is 4.75. The summed E-state index contributed by atoms with van der Waals surface area (Å²) in [6.07, 6.45) is 1.42. The summed E-state index contributed by atoms with van der Waals surface area (Å²) in [5.74, 6) is -1.27. The molecule has 1 aromatic heterocycles. The van der Waals surface area contributed by atoms with Crippen molar-refractivity contribution in [3.05, 3.63) is 46.3 Å². The summed E-state index contributed by atoms with van der Waals surface area (Å²) >= 11 is 12.4. The lowest BCUT2D eigenvalue weighted by Crippen LogP contribution is -2.46. The number of H-pyrrole nitrogens is 1. The summed E-state index contributed by atoms with van der Waals surface area (Å²) in [5, 5.41) is 9.07. The molecule has 0 atom stereocenters. The van der Waals surface area contributed by atoms with E-state index in [4.69, 9.17) is 28.3 Å². The Balaban J connectivity index is 2.08. The van der Waals surface area contributed by atoms with Gasteiger partial charge in [0.25, 0.3) is 0 Å². The molecule has 4 rings (SSSR count). The molecule has 1 aliphatic heterocycles. The third-order valence-corrected chi connectivity index (χ3v) is 8.56. The van der Waals surface area contributed by atoms with Crippen molar-refractivity contribution in [3.8, 4) is 11.1 Å². The van der Waals surface area contributed by atoms with E-state index in [-0.39, 0.29) is 39.1 Å². The van der Waals surface area contributed by atoms with Crippen molar-refractivity contribution < 1.29 is 21.2 Å². The number of nitrogens with zero attached hydrogens (tertiary/aromatic N) is 1. The second-order valence-corrected chi connectivity index (χ2v) is 11.2. The SMILES string of the molecule is NS(=O)(=O)c1ccc(S(=O)(=O)N2CCNCC2)c(-c2ccc(Cl)c3c(Cl)c[nH]c23)c1F. The molecule has 13 heteroatoms. The van der Waals surface area contributed by atoms with Gasteiger partial charge in [-0.3, -0.25) is 0 Å². The molecule has 0 bridgehead atoms. The largest absolute Gasteiger partial charge is 0.359 e. The van der Waals surface area contributed by atoms with E-state index < -0.39 is 36.3 Å². The Morgan fingerprint density at radius 3 is 2.26 bits per heavy atom. The van der Waals surface area contributed by atoms with E-state index in [2.05, 4.69) is 10.3 Å². The lowest BCUT2D eigenvalue weighted by Gasteiger charge is -2.28. The number of aromatic amines is 1. The smallest absolute Gasteiger partial charge is 0.243 e. The van der Waals surface area contributed by atoms with Gasteiger partial charge in [-0.25, -0.2) is 26.4 Å². The van der Waals surface area contributed by atoms with E-state index in [0.717, 1.165) is 12.1 Å². The number of nitrogens with one attached hydrogen (secondary N) is 2. The standard InChI is InChI=1S/C18H17Cl2FN4O4S2/c19-11-2-1-10(18-16(11)12(20)9-24-18)15-13(3-4-14(17(15)21)30(22,26)27)31(28,29)25-7-5-23-6-8-25/h1-4,9,23-24H,5-8H2,(H2,22,26,27). The number of hydrogen-bond donors (Lipinski definition) is 3. The molecule has 0 radical (unpaired) electrons. The minimum Gasteiger partial charge on any atom is -0.359 e. The molecular weight excluding hydrogens is 490 g/mol. The van der Waals surface area contributed by atoms with Gasteiger partial charge >= 0.3 is 0 Å². The summed E-state index contributed by atoms with van der Waals surface area (Å²) in [7, 11) is -8.62. The van der Waals surface area contributed by atoms with Crippen LogP contribution in [-0.2, 0) is 20.0 Å². The van der Waals surface area contributed by atoms with Gasteiger partial charge in [-0.1, -0.05) is 29.3 Å². The van der Waals surface area contributed by atoms with Crippen LogP contribution in [0.5, 0.6) is 0 Å². The van der Waals surface area contributed by atoms with Crippen LogP contribution in [0.2, 0.25) is 10.0 Å². The number of piperazine rings is 1. The molecule has 0 aliphatic carbocycles. The summed E-state index contributed by atoms with van der Waals surface area (Å²) in [5.41, 5.74) is -0.0759. The second kappa shape index (κ2) is 8.00. The Morgan fingerprint density at radius 2 is 1.61 bits per heavy atom. The number of nitrogens with two attached hydrogens (primary N) is 1. The predicted molar refractivity (Wildman–Crippen MR) is 117 cm³/mol. The molecule has 1 saturated heterocycles. The van der Waals surface area contributed by atoms with Gasteiger partial charge in [-0.05, 0) is 18.2 Å². The van der Waals surface area contributed by atoms with Crippen molar-refractivity contribution in [2.45, 2.75) is 9.79 Å². The van der Waals surface area contributed by atoms with Gasteiger partial charge in [0.1, 0.15) is 4.90 Å². The molecule has 0 spiro atoms. The van der Waals surface area contributed by atoms with Gasteiger partial charge in [0.05, 0.1) is 20.5 Å². The Hall–Kier alpha value is -1.73. The first kappa shape index (κ1) is 22.5. The first-order valence-electron chi connectivity index (χ1n) is 9.05. The minimum atomic E-state index is -4.46. The highest BCUT2D eigenvalue weighted by atomic mass is 35.5. The van der Waals surface area contributed by atoms with Gasteiger partial charge in [0.2, 0.25) is 20.0 Å². The van der Waals surface area contributed by atoms with Crippen molar-refractivity contribution in [3.63, 3.8) is 0 Å². The molecule has 3 aromatic rings. The van der Waals surface area contributed by atoms with E-state index in [9.17, 15) is 16.8 Å². The van der Waals surface area contributed by atoms with E-state index in [1.807, 2.05) is 0 Å². The second-order valence-electron chi connectivity index (χ2n) is 6.93. The molecule has 8 nitrogen and oxygen atoms in total. The Kier molecular flexibility index (Phi) is 5.80. The highest BCUT2D eigenvalue weighted by Crippen LogP contribution is 2.41. The zero-order chi connectivity index (χ0) is 22.6. The van der Waals surface area contributed by atoms with Crippen LogP contribution in [-0.4, -0.2) is 52.3 Å². The Bertz CT molecular complexity index is 1400. The third-order valence-electron chi connectivity index (χ3n) is 5.07. The molecule has 2 aromatic carbocycles.